The van der Waals surface area contributed by atoms with Gasteiger partial charge in [-0.05, 0) is 43.7 Å². The molecule has 30 heavy (non-hydrogen) atoms. The second-order valence-electron chi connectivity index (χ2n) is 6.43. The summed E-state index contributed by atoms with van der Waals surface area (Å²) >= 11 is 0. The Morgan fingerprint density at radius 3 is 2.40 bits per heavy atom. The summed E-state index contributed by atoms with van der Waals surface area (Å²) in [6, 6.07) is 12.8. The lowest BCUT2D eigenvalue weighted by atomic mass is 10.1. The van der Waals surface area contributed by atoms with Crippen molar-refractivity contribution in [1.82, 2.24) is 15.1 Å². The lowest BCUT2D eigenvalue weighted by Gasteiger charge is -2.08. The van der Waals surface area contributed by atoms with Gasteiger partial charge in [0.2, 0.25) is 0 Å². The Balaban J connectivity index is 1.66. The van der Waals surface area contributed by atoms with E-state index >= 15 is 0 Å². The third-order valence-corrected chi connectivity index (χ3v) is 4.48. The van der Waals surface area contributed by atoms with E-state index in [0.29, 0.717) is 22.5 Å². The fraction of sp³-hybridized carbons (Fsp3) is 0.190. The van der Waals surface area contributed by atoms with Crippen LogP contribution in [-0.4, -0.2) is 33.2 Å². The third-order valence-electron chi connectivity index (χ3n) is 4.48. The number of aromatic nitrogens is 2. The van der Waals surface area contributed by atoms with Crippen LogP contribution in [0, 0.1) is 17.0 Å². The van der Waals surface area contributed by atoms with E-state index in [1.807, 2.05) is 0 Å². The van der Waals surface area contributed by atoms with Crippen molar-refractivity contribution in [3.05, 3.63) is 87.2 Å². The molecular weight excluding hydrogens is 388 g/mol. The second-order valence-corrected chi connectivity index (χ2v) is 6.43. The van der Waals surface area contributed by atoms with Crippen molar-refractivity contribution >= 4 is 17.6 Å². The number of esters is 1. The van der Waals surface area contributed by atoms with Crippen LogP contribution in [0.2, 0.25) is 0 Å². The number of hydrogen-bond donors (Lipinski definition) is 1. The number of benzene rings is 2. The molecule has 0 fully saturated rings. The van der Waals surface area contributed by atoms with Crippen LogP contribution in [0.15, 0.2) is 54.7 Å². The van der Waals surface area contributed by atoms with Crippen molar-refractivity contribution in [2.45, 2.75) is 20.4 Å². The highest BCUT2D eigenvalue weighted by molar-refractivity contribution is 5.94. The highest BCUT2D eigenvalue weighted by Gasteiger charge is 2.16. The molecule has 154 valence electrons. The summed E-state index contributed by atoms with van der Waals surface area (Å²) < 4.78 is 6.61. The predicted molar refractivity (Wildman–Crippen MR) is 109 cm³/mol. The van der Waals surface area contributed by atoms with Gasteiger partial charge in [0, 0.05) is 24.2 Å². The van der Waals surface area contributed by atoms with Gasteiger partial charge in [-0.1, -0.05) is 12.1 Å². The Hall–Kier alpha value is -4.01. The van der Waals surface area contributed by atoms with Crippen molar-refractivity contribution < 1.29 is 19.2 Å². The molecule has 0 aliphatic heterocycles. The minimum atomic E-state index is -0.471. The number of ether oxygens (including phenoxy) is 1. The van der Waals surface area contributed by atoms with E-state index in [9.17, 15) is 19.7 Å². The lowest BCUT2D eigenvalue weighted by molar-refractivity contribution is -0.384. The highest BCUT2D eigenvalue weighted by Crippen LogP contribution is 2.16. The van der Waals surface area contributed by atoms with Gasteiger partial charge >= 0.3 is 5.97 Å². The summed E-state index contributed by atoms with van der Waals surface area (Å²) in [5, 5.41) is 17.7. The van der Waals surface area contributed by atoms with E-state index in [1.165, 1.54) is 18.3 Å². The Morgan fingerprint density at radius 2 is 1.80 bits per heavy atom. The average molecular weight is 408 g/mol. The maximum Gasteiger partial charge on any atom is 0.341 e. The first-order valence-corrected chi connectivity index (χ1v) is 9.24. The zero-order valence-electron chi connectivity index (χ0n) is 16.5. The Kier molecular flexibility index (Phi) is 6.21. The summed E-state index contributed by atoms with van der Waals surface area (Å²) in [6.07, 6.45) is 1.46. The minimum Gasteiger partial charge on any atom is -0.462 e. The zero-order valence-corrected chi connectivity index (χ0v) is 16.5. The van der Waals surface area contributed by atoms with E-state index in [2.05, 4.69) is 10.4 Å². The van der Waals surface area contributed by atoms with E-state index in [-0.39, 0.29) is 24.7 Å². The van der Waals surface area contributed by atoms with Crippen LogP contribution in [0.4, 0.5) is 5.69 Å². The molecule has 0 radical (unpaired) electrons. The molecule has 0 atom stereocenters. The second kappa shape index (κ2) is 8.99. The molecule has 0 unspecified atom stereocenters. The number of nitrogens with zero attached hydrogens (tertiary/aromatic N) is 3. The van der Waals surface area contributed by atoms with Crippen LogP contribution in [0.5, 0.6) is 0 Å². The molecule has 0 bridgehead atoms. The van der Waals surface area contributed by atoms with Gasteiger partial charge in [-0.25, -0.2) is 9.48 Å². The van der Waals surface area contributed by atoms with Crippen LogP contribution < -0.4 is 5.32 Å². The molecule has 1 heterocycles. The summed E-state index contributed by atoms with van der Waals surface area (Å²) in [7, 11) is 0. The fourth-order valence-electron chi connectivity index (χ4n) is 2.85. The molecule has 3 aromatic rings. The first kappa shape index (κ1) is 20.7. The van der Waals surface area contributed by atoms with Crippen molar-refractivity contribution in [2.24, 2.45) is 0 Å². The molecule has 9 nitrogen and oxygen atoms in total. The average Bonchev–Trinajstić information content (AvgIpc) is 3.14. The van der Waals surface area contributed by atoms with E-state index < -0.39 is 10.9 Å². The maximum atomic E-state index is 12.4. The molecular formula is C21H20N4O5. The maximum absolute atomic E-state index is 12.4. The van der Waals surface area contributed by atoms with E-state index in [4.69, 9.17) is 4.74 Å². The van der Waals surface area contributed by atoms with Gasteiger partial charge in [0.1, 0.15) is 5.56 Å². The van der Waals surface area contributed by atoms with Crippen molar-refractivity contribution in [2.75, 3.05) is 6.61 Å². The molecule has 1 aromatic heterocycles. The quantitative estimate of drug-likeness (QED) is 0.365. The predicted octanol–water partition coefficient (Wildman–Crippen LogP) is 3.20. The van der Waals surface area contributed by atoms with Gasteiger partial charge in [0.25, 0.3) is 11.6 Å². The highest BCUT2D eigenvalue weighted by atomic mass is 16.6. The van der Waals surface area contributed by atoms with Crippen molar-refractivity contribution in [1.29, 1.82) is 0 Å². The van der Waals surface area contributed by atoms with Crippen molar-refractivity contribution in [3.8, 4) is 5.69 Å². The van der Waals surface area contributed by atoms with Crippen molar-refractivity contribution in [3.63, 3.8) is 0 Å². The molecule has 9 heteroatoms. The first-order valence-electron chi connectivity index (χ1n) is 9.24. The topological polar surface area (TPSA) is 116 Å². The SMILES string of the molecule is CCOC(=O)c1cnn(-c2ccc(C(=O)NCc3ccc([N+](=O)[O-])cc3)cc2)c1C. The smallest absolute Gasteiger partial charge is 0.341 e. The van der Waals surface area contributed by atoms with Gasteiger partial charge in [-0.15, -0.1) is 0 Å². The number of rotatable bonds is 7. The largest absolute Gasteiger partial charge is 0.462 e. The van der Waals surface area contributed by atoms with Crippen LogP contribution >= 0.6 is 0 Å². The minimum absolute atomic E-state index is 0.000643. The number of nitro groups is 1. The molecule has 1 N–H and O–H groups in total. The molecule has 0 spiro atoms. The fourth-order valence-corrected chi connectivity index (χ4v) is 2.85. The number of amides is 1. The monoisotopic (exact) mass is 408 g/mol. The zero-order chi connectivity index (χ0) is 21.7. The summed E-state index contributed by atoms with van der Waals surface area (Å²) in [4.78, 5) is 34.5. The van der Waals surface area contributed by atoms with Crippen LogP contribution in [-0.2, 0) is 11.3 Å². The summed E-state index contributed by atoms with van der Waals surface area (Å²) in [6.45, 7) is 4.04. The Morgan fingerprint density at radius 1 is 1.13 bits per heavy atom. The first-order chi connectivity index (χ1) is 14.4. The normalized spacial score (nSPS) is 10.5. The van der Waals surface area contributed by atoms with Gasteiger partial charge < -0.3 is 10.1 Å². The number of nitro benzene ring substituents is 1. The molecule has 2 aromatic carbocycles. The number of carbonyl (C=O) groups excluding carboxylic acids is 2. The Bertz CT molecular complexity index is 1070. The molecule has 0 saturated heterocycles. The standard InChI is InChI=1S/C21H20N4O5/c1-3-30-21(27)19-13-23-24(14(19)2)17-10-6-16(7-11-17)20(26)22-12-15-4-8-18(9-5-15)25(28)29/h4-11,13H,3,12H2,1-2H3,(H,22,26). The molecule has 0 saturated carbocycles. The third kappa shape index (κ3) is 4.52. The van der Waals surface area contributed by atoms with Gasteiger partial charge in [-0.3, -0.25) is 14.9 Å². The van der Waals surface area contributed by atoms with Gasteiger partial charge in [0.15, 0.2) is 0 Å². The van der Waals surface area contributed by atoms with Crippen LogP contribution in [0.1, 0.15) is 38.9 Å². The van der Waals surface area contributed by atoms with Gasteiger partial charge in [-0.2, -0.15) is 5.10 Å². The van der Waals surface area contributed by atoms with Crippen LogP contribution in [0.3, 0.4) is 0 Å². The van der Waals surface area contributed by atoms with Gasteiger partial charge in [0.05, 0.1) is 29.1 Å². The molecule has 3 rings (SSSR count). The van der Waals surface area contributed by atoms with Crippen LogP contribution in [0.25, 0.3) is 5.69 Å². The van der Waals surface area contributed by atoms with E-state index in [0.717, 1.165) is 5.56 Å². The molecule has 0 aliphatic rings. The number of non-ortho nitro benzene ring substituents is 1. The number of nitrogens with one attached hydrogen (secondary N) is 1. The Labute approximate surface area is 172 Å². The van der Waals surface area contributed by atoms with E-state index in [1.54, 1.807) is 54.9 Å². The molecule has 0 aliphatic carbocycles. The molecule has 1 amide bonds. The summed E-state index contributed by atoms with van der Waals surface area (Å²) in [5.74, 6) is -0.701. The summed E-state index contributed by atoms with van der Waals surface area (Å²) in [5.41, 5.74) is 2.95. The number of hydrogen-bond acceptors (Lipinski definition) is 6. The number of carbonyl (C=O) groups is 2. The lowest BCUT2D eigenvalue weighted by Crippen LogP contribution is -2.22.